The number of ether oxygens (including phenoxy) is 1. The number of nitrogens with one attached hydrogen (secondary N) is 1. The normalized spacial score (nSPS) is 18.4. The highest BCUT2D eigenvalue weighted by atomic mass is 79.9. The number of aryl methyl sites for hydroxylation is 1. The fraction of sp³-hybridized carbons (Fsp3) is 0.467. The third-order valence-electron chi connectivity index (χ3n) is 3.47. The SMILES string of the molecule is CCNC(=O)C1COCCN1C(=O)c1cccc(C)c1Br. The van der Waals surface area contributed by atoms with E-state index in [0.29, 0.717) is 25.3 Å². The second-order valence-electron chi connectivity index (χ2n) is 4.92. The van der Waals surface area contributed by atoms with Crippen molar-refractivity contribution < 1.29 is 14.3 Å². The number of hydrogen-bond acceptors (Lipinski definition) is 3. The average molecular weight is 355 g/mol. The highest BCUT2D eigenvalue weighted by Crippen LogP contribution is 2.24. The Bertz CT molecular complexity index is 548. The van der Waals surface area contributed by atoms with Crippen LogP contribution in [0.2, 0.25) is 0 Å². The van der Waals surface area contributed by atoms with Crippen molar-refractivity contribution in [3.8, 4) is 0 Å². The molecule has 0 bridgehead atoms. The minimum Gasteiger partial charge on any atom is -0.377 e. The summed E-state index contributed by atoms with van der Waals surface area (Å²) in [6, 6.07) is 4.97. The number of carbonyl (C=O) groups excluding carboxylic acids is 2. The molecule has 114 valence electrons. The molecule has 0 spiro atoms. The molecule has 1 saturated heterocycles. The molecule has 1 aliphatic rings. The number of morpholine rings is 1. The van der Waals surface area contributed by atoms with Gasteiger partial charge in [-0.3, -0.25) is 9.59 Å². The van der Waals surface area contributed by atoms with Gasteiger partial charge in [0, 0.05) is 17.6 Å². The van der Waals surface area contributed by atoms with Gasteiger partial charge in [0.05, 0.1) is 18.8 Å². The maximum Gasteiger partial charge on any atom is 0.255 e. The molecule has 2 rings (SSSR count). The van der Waals surface area contributed by atoms with Gasteiger partial charge >= 0.3 is 0 Å². The molecular formula is C15H19BrN2O3. The first-order valence-corrected chi connectivity index (χ1v) is 7.77. The van der Waals surface area contributed by atoms with Crippen molar-refractivity contribution in [3.63, 3.8) is 0 Å². The van der Waals surface area contributed by atoms with E-state index in [0.717, 1.165) is 10.0 Å². The van der Waals surface area contributed by atoms with Gasteiger partial charge in [0.15, 0.2) is 0 Å². The molecule has 0 saturated carbocycles. The van der Waals surface area contributed by atoms with Crippen LogP contribution in [-0.2, 0) is 9.53 Å². The fourth-order valence-electron chi connectivity index (χ4n) is 2.32. The first-order chi connectivity index (χ1) is 10.1. The van der Waals surface area contributed by atoms with Crippen molar-refractivity contribution in [1.82, 2.24) is 10.2 Å². The summed E-state index contributed by atoms with van der Waals surface area (Å²) < 4.78 is 6.13. The van der Waals surface area contributed by atoms with Crippen LogP contribution in [0.4, 0.5) is 0 Å². The summed E-state index contributed by atoms with van der Waals surface area (Å²) in [5.41, 5.74) is 1.56. The summed E-state index contributed by atoms with van der Waals surface area (Å²) in [5.74, 6) is -0.320. The minimum absolute atomic E-state index is 0.148. The van der Waals surface area contributed by atoms with Gasteiger partial charge in [-0.1, -0.05) is 12.1 Å². The lowest BCUT2D eigenvalue weighted by Crippen LogP contribution is -2.55. The topological polar surface area (TPSA) is 58.6 Å². The molecule has 0 aliphatic carbocycles. The molecule has 2 amide bonds. The Morgan fingerprint density at radius 3 is 2.95 bits per heavy atom. The van der Waals surface area contributed by atoms with E-state index < -0.39 is 6.04 Å². The average Bonchev–Trinajstić information content (AvgIpc) is 2.49. The van der Waals surface area contributed by atoms with Gasteiger partial charge in [-0.05, 0) is 41.4 Å². The molecule has 1 aliphatic heterocycles. The van der Waals surface area contributed by atoms with Crippen LogP contribution in [0.5, 0.6) is 0 Å². The molecule has 1 unspecified atom stereocenters. The Hall–Kier alpha value is -1.40. The first kappa shape index (κ1) is 16.0. The van der Waals surface area contributed by atoms with Gasteiger partial charge in [0.1, 0.15) is 6.04 Å². The Morgan fingerprint density at radius 1 is 1.48 bits per heavy atom. The van der Waals surface area contributed by atoms with E-state index in [1.54, 1.807) is 11.0 Å². The zero-order valence-corrected chi connectivity index (χ0v) is 13.8. The van der Waals surface area contributed by atoms with Gasteiger partial charge in [-0.2, -0.15) is 0 Å². The predicted octanol–water partition coefficient (Wildman–Crippen LogP) is 1.73. The number of carbonyl (C=O) groups is 2. The van der Waals surface area contributed by atoms with Crippen molar-refractivity contribution in [3.05, 3.63) is 33.8 Å². The number of benzene rings is 1. The third kappa shape index (κ3) is 3.44. The van der Waals surface area contributed by atoms with Gasteiger partial charge in [-0.15, -0.1) is 0 Å². The molecule has 5 nitrogen and oxygen atoms in total. The summed E-state index contributed by atoms with van der Waals surface area (Å²) in [6.45, 7) is 5.42. The molecule has 1 N–H and O–H groups in total. The van der Waals surface area contributed by atoms with Crippen molar-refractivity contribution in [2.45, 2.75) is 19.9 Å². The van der Waals surface area contributed by atoms with E-state index >= 15 is 0 Å². The molecule has 0 aromatic heterocycles. The summed E-state index contributed by atoms with van der Waals surface area (Å²) in [4.78, 5) is 26.4. The molecule has 1 fully saturated rings. The van der Waals surface area contributed by atoms with Gasteiger partial charge in [-0.25, -0.2) is 0 Å². The molecule has 1 heterocycles. The van der Waals surface area contributed by atoms with Gasteiger partial charge in [0.2, 0.25) is 5.91 Å². The number of nitrogens with zero attached hydrogens (tertiary/aromatic N) is 1. The van der Waals surface area contributed by atoms with Crippen LogP contribution in [0.15, 0.2) is 22.7 Å². The van der Waals surface area contributed by atoms with Crippen LogP contribution in [-0.4, -0.2) is 49.1 Å². The van der Waals surface area contributed by atoms with E-state index in [4.69, 9.17) is 4.74 Å². The Kier molecular flexibility index (Phi) is 5.36. The van der Waals surface area contributed by atoms with Crippen molar-refractivity contribution in [1.29, 1.82) is 0 Å². The van der Waals surface area contributed by atoms with Crippen LogP contribution in [0.3, 0.4) is 0 Å². The minimum atomic E-state index is -0.571. The Balaban J connectivity index is 2.26. The Labute approximate surface area is 132 Å². The zero-order chi connectivity index (χ0) is 15.4. The van der Waals surface area contributed by atoms with E-state index in [2.05, 4.69) is 21.2 Å². The summed E-state index contributed by atoms with van der Waals surface area (Å²) in [6.07, 6.45) is 0. The summed E-state index contributed by atoms with van der Waals surface area (Å²) >= 11 is 3.46. The molecule has 0 radical (unpaired) electrons. The number of rotatable bonds is 3. The van der Waals surface area contributed by atoms with Crippen molar-refractivity contribution >= 4 is 27.7 Å². The number of amides is 2. The molecule has 1 aromatic rings. The molecule has 6 heteroatoms. The number of likely N-dealkylation sites (N-methyl/N-ethyl adjacent to an activating group) is 1. The molecule has 21 heavy (non-hydrogen) atoms. The van der Waals surface area contributed by atoms with E-state index in [1.165, 1.54) is 0 Å². The smallest absolute Gasteiger partial charge is 0.255 e. The second kappa shape index (κ2) is 7.04. The number of hydrogen-bond donors (Lipinski definition) is 1. The molecule has 1 atom stereocenters. The van der Waals surface area contributed by atoms with Crippen LogP contribution in [0.25, 0.3) is 0 Å². The van der Waals surface area contributed by atoms with Crippen LogP contribution in [0, 0.1) is 6.92 Å². The zero-order valence-electron chi connectivity index (χ0n) is 12.2. The molecule has 1 aromatic carbocycles. The third-order valence-corrected chi connectivity index (χ3v) is 4.52. The van der Waals surface area contributed by atoms with Crippen LogP contribution < -0.4 is 5.32 Å². The van der Waals surface area contributed by atoms with Gasteiger partial charge < -0.3 is 15.0 Å². The predicted molar refractivity (Wildman–Crippen MR) is 83.2 cm³/mol. The lowest BCUT2D eigenvalue weighted by Gasteiger charge is -2.34. The van der Waals surface area contributed by atoms with Crippen molar-refractivity contribution in [2.24, 2.45) is 0 Å². The molecular weight excluding hydrogens is 336 g/mol. The largest absolute Gasteiger partial charge is 0.377 e. The first-order valence-electron chi connectivity index (χ1n) is 6.97. The van der Waals surface area contributed by atoms with Crippen LogP contribution in [0.1, 0.15) is 22.8 Å². The lowest BCUT2D eigenvalue weighted by atomic mass is 10.1. The van der Waals surface area contributed by atoms with Gasteiger partial charge in [0.25, 0.3) is 5.91 Å². The number of halogens is 1. The van der Waals surface area contributed by atoms with Crippen molar-refractivity contribution in [2.75, 3.05) is 26.3 Å². The summed E-state index contributed by atoms with van der Waals surface area (Å²) in [7, 11) is 0. The maximum absolute atomic E-state index is 12.8. The highest BCUT2D eigenvalue weighted by molar-refractivity contribution is 9.10. The summed E-state index contributed by atoms with van der Waals surface area (Å²) in [5, 5.41) is 2.75. The highest BCUT2D eigenvalue weighted by Gasteiger charge is 2.33. The standard InChI is InChI=1S/C15H19BrN2O3/c1-3-17-14(19)12-9-21-8-7-18(12)15(20)11-6-4-5-10(2)13(11)16/h4-6,12H,3,7-9H2,1-2H3,(H,17,19). The van der Waals surface area contributed by atoms with E-state index in [-0.39, 0.29) is 18.4 Å². The Morgan fingerprint density at radius 2 is 2.24 bits per heavy atom. The second-order valence-corrected chi connectivity index (χ2v) is 5.71. The van der Waals surface area contributed by atoms with E-state index in [1.807, 2.05) is 26.0 Å². The lowest BCUT2D eigenvalue weighted by molar-refractivity contribution is -0.130. The quantitative estimate of drug-likeness (QED) is 0.899. The maximum atomic E-state index is 12.8. The van der Waals surface area contributed by atoms with Crippen LogP contribution >= 0.6 is 15.9 Å². The monoisotopic (exact) mass is 354 g/mol. The fourth-order valence-corrected chi connectivity index (χ4v) is 2.76. The van der Waals surface area contributed by atoms with E-state index in [9.17, 15) is 9.59 Å².